The maximum Gasteiger partial charge on any atom is 0.224 e. The van der Waals surface area contributed by atoms with Crippen molar-refractivity contribution in [2.75, 3.05) is 6.54 Å². The lowest BCUT2D eigenvalue weighted by Crippen LogP contribution is -2.39. The molecule has 0 fully saturated rings. The molecule has 1 heterocycles. The van der Waals surface area contributed by atoms with Crippen molar-refractivity contribution < 1.29 is 4.79 Å². The zero-order valence-electron chi connectivity index (χ0n) is 11.5. The minimum absolute atomic E-state index is 0.0238. The van der Waals surface area contributed by atoms with E-state index in [9.17, 15) is 4.79 Å². The molecular formula is C13H24N4O. The Morgan fingerprint density at radius 2 is 2.28 bits per heavy atom. The second-order valence-corrected chi connectivity index (χ2v) is 4.91. The van der Waals surface area contributed by atoms with Gasteiger partial charge in [0.1, 0.15) is 0 Å². The van der Waals surface area contributed by atoms with E-state index in [0.29, 0.717) is 13.0 Å². The second kappa shape index (κ2) is 7.16. The molecule has 0 spiro atoms. The summed E-state index contributed by atoms with van der Waals surface area (Å²) < 4.78 is 1.91. The van der Waals surface area contributed by atoms with Crippen molar-refractivity contribution in [1.29, 1.82) is 0 Å². The van der Waals surface area contributed by atoms with E-state index in [4.69, 9.17) is 5.73 Å². The first kappa shape index (κ1) is 14.7. The zero-order valence-corrected chi connectivity index (χ0v) is 11.5. The molecule has 1 rings (SSSR count). The molecule has 1 aromatic heterocycles. The van der Waals surface area contributed by atoms with E-state index in [0.717, 1.165) is 18.5 Å². The number of carbonyl (C=O) groups excluding carboxylic acids is 1. The first-order chi connectivity index (χ1) is 8.56. The predicted molar refractivity (Wildman–Crippen MR) is 72.0 cm³/mol. The van der Waals surface area contributed by atoms with E-state index in [-0.39, 0.29) is 17.9 Å². The molecule has 102 valence electrons. The van der Waals surface area contributed by atoms with E-state index in [1.54, 1.807) is 0 Å². The van der Waals surface area contributed by atoms with Crippen molar-refractivity contribution in [2.24, 2.45) is 11.7 Å². The fraction of sp³-hybridized carbons (Fsp3) is 0.692. The van der Waals surface area contributed by atoms with Crippen LogP contribution < -0.4 is 11.1 Å². The third-order valence-electron chi connectivity index (χ3n) is 2.71. The summed E-state index contributed by atoms with van der Waals surface area (Å²) in [6.45, 7) is 7.28. The quantitative estimate of drug-likeness (QED) is 0.758. The van der Waals surface area contributed by atoms with Gasteiger partial charge in [0.15, 0.2) is 0 Å². The summed E-state index contributed by atoms with van der Waals surface area (Å²) >= 11 is 0. The first-order valence-corrected chi connectivity index (χ1v) is 6.58. The highest BCUT2D eigenvalue weighted by Gasteiger charge is 2.18. The number of hydrogen-bond acceptors (Lipinski definition) is 3. The Kier molecular flexibility index (Phi) is 5.85. The third kappa shape index (κ3) is 4.49. The number of hydrogen-bond donors (Lipinski definition) is 2. The van der Waals surface area contributed by atoms with Gasteiger partial charge in [-0.2, -0.15) is 5.10 Å². The predicted octanol–water partition coefficient (Wildman–Crippen LogP) is 0.935. The number of nitrogens with two attached hydrogens (primary N) is 1. The van der Waals surface area contributed by atoms with Crippen LogP contribution in [0.15, 0.2) is 12.4 Å². The van der Waals surface area contributed by atoms with Gasteiger partial charge in [-0.3, -0.25) is 9.48 Å². The van der Waals surface area contributed by atoms with Crippen LogP contribution in [0.2, 0.25) is 0 Å². The monoisotopic (exact) mass is 252 g/mol. The molecular weight excluding hydrogens is 228 g/mol. The van der Waals surface area contributed by atoms with Crippen LogP contribution >= 0.6 is 0 Å². The summed E-state index contributed by atoms with van der Waals surface area (Å²) in [7, 11) is 0. The van der Waals surface area contributed by atoms with Gasteiger partial charge < -0.3 is 11.1 Å². The smallest absolute Gasteiger partial charge is 0.224 e. The van der Waals surface area contributed by atoms with Gasteiger partial charge in [0.2, 0.25) is 5.91 Å². The van der Waals surface area contributed by atoms with Crippen LogP contribution in [0.1, 0.15) is 32.8 Å². The summed E-state index contributed by atoms with van der Waals surface area (Å²) in [5.74, 6) is -0.151. The van der Waals surface area contributed by atoms with Gasteiger partial charge in [-0.25, -0.2) is 0 Å². The molecule has 1 aromatic rings. The van der Waals surface area contributed by atoms with E-state index in [1.807, 2.05) is 30.9 Å². The molecule has 0 aliphatic heterocycles. The minimum Gasteiger partial charge on any atom is -0.354 e. The Bertz CT molecular complexity index is 373. The molecule has 3 N–H and O–H groups in total. The molecule has 0 radical (unpaired) electrons. The molecule has 0 aliphatic carbocycles. The molecule has 5 nitrogen and oxygen atoms in total. The molecule has 18 heavy (non-hydrogen) atoms. The number of carbonyl (C=O) groups is 1. The van der Waals surface area contributed by atoms with Gasteiger partial charge in [-0.15, -0.1) is 0 Å². The van der Waals surface area contributed by atoms with E-state index in [1.165, 1.54) is 0 Å². The maximum atomic E-state index is 11.9. The van der Waals surface area contributed by atoms with Crippen molar-refractivity contribution in [3.8, 4) is 0 Å². The molecule has 1 amide bonds. The third-order valence-corrected chi connectivity index (χ3v) is 2.71. The number of nitrogens with one attached hydrogen (secondary N) is 1. The average molecular weight is 252 g/mol. The second-order valence-electron chi connectivity index (χ2n) is 4.91. The molecule has 1 unspecified atom stereocenters. The van der Waals surface area contributed by atoms with E-state index < -0.39 is 0 Å². The van der Waals surface area contributed by atoms with Crippen LogP contribution in [-0.4, -0.2) is 28.3 Å². The highest BCUT2D eigenvalue weighted by Crippen LogP contribution is 2.08. The molecule has 0 saturated heterocycles. The lowest BCUT2D eigenvalue weighted by atomic mass is 10.0. The number of aromatic nitrogens is 2. The number of aryl methyl sites for hydroxylation is 1. The number of amides is 1. The maximum absolute atomic E-state index is 11.9. The van der Waals surface area contributed by atoms with Crippen LogP contribution in [0, 0.1) is 5.92 Å². The minimum atomic E-state index is -0.174. The summed E-state index contributed by atoms with van der Waals surface area (Å²) in [5, 5.41) is 7.16. The topological polar surface area (TPSA) is 72.9 Å². The molecule has 1 atom stereocenters. The Balaban J connectivity index is 2.58. The zero-order chi connectivity index (χ0) is 13.5. The van der Waals surface area contributed by atoms with Gasteiger partial charge >= 0.3 is 0 Å². The average Bonchev–Trinajstić information content (AvgIpc) is 2.73. The highest BCUT2D eigenvalue weighted by atomic mass is 16.1. The van der Waals surface area contributed by atoms with Crippen molar-refractivity contribution in [3.05, 3.63) is 18.0 Å². The Hall–Kier alpha value is -1.36. The lowest BCUT2D eigenvalue weighted by Gasteiger charge is -2.16. The Labute approximate surface area is 109 Å². The normalized spacial score (nSPS) is 12.7. The van der Waals surface area contributed by atoms with Crippen LogP contribution in [0.5, 0.6) is 0 Å². The van der Waals surface area contributed by atoms with Crippen molar-refractivity contribution >= 4 is 5.91 Å². The summed E-state index contributed by atoms with van der Waals surface area (Å²) in [6, 6.07) is 0.148. The fourth-order valence-corrected chi connectivity index (χ4v) is 1.83. The van der Waals surface area contributed by atoms with Gasteiger partial charge in [0, 0.05) is 25.3 Å². The number of nitrogens with zero attached hydrogens (tertiary/aromatic N) is 2. The highest BCUT2D eigenvalue weighted by molar-refractivity contribution is 5.79. The molecule has 0 aliphatic rings. The van der Waals surface area contributed by atoms with Gasteiger partial charge in [0.05, 0.1) is 12.1 Å². The molecule has 0 aromatic carbocycles. The van der Waals surface area contributed by atoms with Crippen LogP contribution in [0.4, 0.5) is 0 Å². The van der Waals surface area contributed by atoms with Gasteiger partial charge in [-0.1, -0.05) is 6.92 Å². The summed E-state index contributed by atoms with van der Waals surface area (Å²) in [6.07, 6.45) is 5.52. The fourth-order valence-electron chi connectivity index (χ4n) is 1.83. The van der Waals surface area contributed by atoms with Gasteiger partial charge in [0.25, 0.3) is 0 Å². The van der Waals surface area contributed by atoms with Gasteiger partial charge in [-0.05, 0) is 32.3 Å². The molecule has 5 heteroatoms. The Morgan fingerprint density at radius 3 is 2.83 bits per heavy atom. The summed E-state index contributed by atoms with van der Waals surface area (Å²) in [4.78, 5) is 11.9. The van der Waals surface area contributed by atoms with Crippen molar-refractivity contribution in [2.45, 2.75) is 46.2 Å². The van der Waals surface area contributed by atoms with Crippen LogP contribution in [0.3, 0.4) is 0 Å². The largest absolute Gasteiger partial charge is 0.354 e. The van der Waals surface area contributed by atoms with E-state index in [2.05, 4.69) is 17.3 Å². The van der Waals surface area contributed by atoms with Crippen molar-refractivity contribution in [1.82, 2.24) is 15.1 Å². The SMILES string of the molecule is CCCn1cc(CC(CN)C(=O)NC(C)C)cn1. The van der Waals surface area contributed by atoms with E-state index >= 15 is 0 Å². The molecule has 0 saturated carbocycles. The first-order valence-electron chi connectivity index (χ1n) is 6.58. The molecule has 0 bridgehead atoms. The van der Waals surface area contributed by atoms with Crippen LogP contribution in [-0.2, 0) is 17.8 Å². The van der Waals surface area contributed by atoms with Crippen molar-refractivity contribution in [3.63, 3.8) is 0 Å². The summed E-state index contributed by atoms with van der Waals surface area (Å²) in [5.41, 5.74) is 6.74. The Morgan fingerprint density at radius 1 is 1.56 bits per heavy atom. The lowest BCUT2D eigenvalue weighted by molar-refractivity contribution is -0.125. The number of rotatable bonds is 7. The van der Waals surface area contributed by atoms with Crippen LogP contribution in [0.25, 0.3) is 0 Å². The standard InChI is InChI=1S/C13H24N4O/c1-4-5-17-9-11(8-15-17)6-12(7-14)13(18)16-10(2)3/h8-10,12H,4-7,14H2,1-3H3,(H,16,18).